The Morgan fingerprint density at radius 3 is 2.79 bits per heavy atom. The third kappa shape index (κ3) is 4.86. The van der Waals surface area contributed by atoms with E-state index >= 15 is 0 Å². The van der Waals surface area contributed by atoms with E-state index < -0.39 is 5.82 Å². The maximum atomic E-state index is 13.4. The minimum atomic E-state index is -0.442. The average molecular weight is 352 g/mol. The first kappa shape index (κ1) is 17.5. The quantitative estimate of drug-likeness (QED) is 0.854. The molecule has 2 aliphatic rings. The summed E-state index contributed by atoms with van der Waals surface area (Å²) in [5, 5.41) is 2.92. The van der Waals surface area contributed by atoms with Gasteiger partial charge in [-0.05, 0) is 56.2 Å². The lowest BCUT2D eigenvalue weighted by molar-refractivity contribution is -0.123. The zero-order valence-electron chi connectivity index (χ0n) is 13.9. The number of carbonyl (C=O) groups is 1. The molecule has 2 aliphatic heterocycles. The fourth-order valence-electron chi connectivity index (χ4n) is 3.35. The number of hydrogen-bond donors (Lipinski definition) is 1. The van der Waals surface area contributed by atoms with E-state index in [1.165, 1.54) is 30.1 Å². The molecule has 0 aromatic heterocycles. The fourth-order valence-corrected chi connectivity index (χ4v) is 4.60. The number of hydrogen-bond acceptors (Lipinski definition) is 4. The molecule has 0 radical (unpaired) electrons. The lowest BCUT2D eigenvalue weighted by Crippen LogP contribution is -2.44. The molecule has 2 heterocycles. The van der Waals surface area contributed by atoms with E-state index in [2.05, 4.69) is 22.0 Å². The average Bonchev–Trinajstić information content (AvgIpc) is 3.14. The van der Waals surface area contributed by atoms with Crippen LogP contribution in [0, 0.1) is 11.7 Å². The number of halogens is 1. The van der Waals surface area contributed by atoms with Crippen molar-refractivity contribution < 1.29 is 13.9 Å². The van der Waals surface area contributed by atoms with Crippen molar-refractivity contribution in [2.24, 2.45) is 5.92 Å². The van der Waals surface area contributed by atoms with Crippen molar-refractivity contribution in [1.29, 1.82) is 0 Å². The second-order valence-electron chi connectivity index (χ2n) is 6.52. The first-order chi connectivity index (χ1) is 11.7. The maximum Gasteiger partial charge on any atom is 0.257 e. The van der Waals surface area contributed by atoms with Gasteiger partial charge in [0.05, 0.1) is 0 Å². The monoisotopic (exact) mass is 352 g/mol. The van der Waals surface area contributed by atoms with Crippen LogP contribution in [0.25, 0.3) is 0 Å². The minimum Gasteiger partial charge on any atom is -0.481 e. The Morgan fingerprint density at radius 1 is 1.29 bits per heavy atom. The van der Waals surface area contributed by atoms with E-state index in [9.17, 15) is 9.18 Å². The number of benzene rings is 1. The summed E-state index contributed by atoms with van der Waals surface area (Å²) < 4.78 is 18.6. The topological polar surface area (TPSA) is 41.6 Å². The predicted molar refractivity (Wildman–Crippen MR) is 94.9 cm³/mol. The van der Waals surface area contributed by atoms with E-state index in [0.717, 1.165) is 32.0 Å². The van der Waals surface area contributed by atoms with Gasteiger partial charge in [0.25, 0.3) is 5.91 Å². The number of likely N-dealkylation sites (tertiary alicyclic amines) is 1. The second kappa shape index (κ2) is 8.72. The summed E-state index contributed by atoms with van der Waals surface area (Å²) in [4.78, 5) is 14.5. The van der Waals surface area contributed by atoms with Crippen LogP contribution in [-0.2, 0) is 4.79 Å². The highest BCUT2D eigenvalue weighted by Gasteiger charge is 2.27. The third-order valence-corrected chi connectivity index (χ3v) is 6.00. The van der Waals surface area contributed by atoms with Gasteiger partial charge in [-0.1, -0.05) is 12.1 Å². The molecular formula is C18H25FN2O2S. The summed E-state index contributed by atoms with van der Waals surface area (Å²) in [7, 11) is 0. The summed E-state index contributed by atoms with van der Waals surface area (Å²) >= 11 is 2.06. The molecule has 1 atom stereocenters. The zero-order chi connectivity index (χ0) is 16.8. The van der Waals surface area contributed by atoms with Crippen LogP contribution in [0.3, 0.4) is 0 Å². The Labute approximate surface area is 147 Å². The molecule has 3 rings (SSSR count). The highest BCUT2D eigenvalue weighted by molar-refractivity contribution is 7.99. The van der Waals surface area contributed by atoms with Gasteiger partial charge in [0.1, 0.15) is 0 Å². The highest BCUT2D eigenvalue weighted by Crippen LogP contribution is 2.26. The van der Waals surface area contributed by atoms with E-state index in [1.54, 1.807) is 12.1 Å². The van der Waals surface area contributed by atoms with Crippen molar-refractivity contribution in [2.75, 3.05) is 37.7 Å². The Bertz CT molecular complexity index is 544. The van der Waals surface area contributed by atoms with Gasteiger partial charge in [0.15, 0.2) is 18.2 Å². The fraction of sp³-hybridized carbons (Fsp3) is 0.611. The third-order valence-electron chi connectivity index (χ3n) is 4.85. The zero-order valence-corrected chi connectivity index (χ0v) is 14.7. The standard InChI is InChI=1S/C18H25FN2O2S/c19-16-3-1-2-4-17(16)23-12-18(22)20-11-14-5-8-21(9-6-14)15-7-10-24-13-15/h1-4,14-15H,5-13H2,(H,20,22)/t15-/m0/s1. The van der Waals surface area contributed by atoms with Crippen LogP contribution in [0.5, 0.6) is 5.75 Å². The van der Waals surface area contributed by atoms with Gasteiger partial charge in [0, 0.05) is 18.3 Å². The van der Waals surface area contributed by atoms with Gasteiger partial charge < -0.3 is 10.1 Å². The molecule has 1 aromatic carbocycles. The molecular weight excluding hydrogens is 327 g/mol. The van der Waals surface area contributed by atoms with Gasteiger partial charge in [-0.3, -0.25) is 9.69 Å². The van der Waals surface area contributed by atoms with Crippen LogP contribution >= 0.6 is 11.8 Å². The second-order valence-corrected chi connectivity index (χ2v) is 7.67. The Kier molecular flexibility index (Phi) is 6.37. The van der Waals surface area contributed by atoms with Crippen molar-refractivity contribution >= 4 is 17.7 Å². The van der Waals surface area contributed by atoms with Crippen molar-refractivity contribution in [2.45, 2.75) is 25.3 Å². The van der Waals surface area contributed by atoms with Crippen LogP contribution in [0.15, 0.2) is 24.3 Å². The summed E-state index contributed by atoms with van der Waals surface area (Å²) in [6.07, 6.45) is 3.59. The van der Waals surface area contributed by atoms with Crippen LogP contribution in [0.4, 0.5) is 4.39 Å². The molecule has 1 amide bonds. The predicted octanol–water partition coefficient (Wildman–Crippen LogP) is 2.54. The Morgan fingerprint density at radius 2 is 2.08 bits per heavy atom. The van der Waals surface area contributed by atoms with E-state index in [-0.39, 0.29) is 18.3 Å². The number of amides is 1. The van der Waals surface area contributed by atoms with Crippen LogP contribution in [0.2, 0.25) is 0 Å². The van der Waals surface area contributed by atoms with Gasteiger partial charge >= 0.3 is 0 Å². The molecule has 1 aromatic rings. The summed E-state index contributed by atoms with van der Waals surface area (Å²) in [6, 6.07) is 6.90. The smallest absolute Gasteiger partial charge is 0.257 e. The van der Waals surface area contributed by atoms with E-state index in [0.29, 0.717) is 12.5 Å². The SMILES string of the molecule is O=C(COc1ccccc1F)NCC1CCN([C@H]2CCSC2)CC1. The summed E-state index contributed by atoms with van der Waals surface area (Å²) in [5.74, 6) is 2.59. The molecule has 0 spiro atoms. The van der Waals surface area contributed by atoms with Crippen molar-refractivity contribution in [3.8, 4) is 5.75 Å². The normalized spacial score (nSPS) is 22.5. The number of rotatable bonds is 6. The first-order valence-corrected chi connectivity index (χ1v) is 9.83. The molecule has 0 aliphatic carbocycles. The number of thioether (sulfide) groups is 1. The molecule has 1 N–H and O–H groups in total. The molecule has 0 bridgehead atoms. The lowest BCUT2D eigenvalue weighted by atomic mass is 9.95. The van der Waals surface area contributed by atoms with E-state index in [1.807, 2.05) is 0 Å². The first-order valence-electron chi connectivity index (χ1n) is 8.68. The van der Waals surface area contributed by atoms with Gasteiger partial charge in [-0.2, -0.15) is 11.8 Å². The van der Waals surface area contributed by atoms with Crippen molar-refractivity contribution in [3.05, 3.63) is 30.1 Å². The number of nitrogens with zero attached hydrogens (tertiary/aromatic N) is 1. The molecule has 0 saturated carbocycles. The number of ether oxygens (including phenoxy) is 1. The number of nitrogens with one attached hydrogen (secondary N) is 1. The Hall–Kier alpha value is -1.27. The summed E-state index contributed by atoms with van der Waals surface area (Å²) in [6.45, 7) is 2.82. The highest BCUT2D eigenvalue weighted by atomic mass is 32.2. The molecule has 24 heavy (non-hydrogen) atoms. The van der Waals surface area contributed by atoms with Gasteiger partial charge in [-0.25, -0.2) is 4.39 Å². The van der Waals surface area contributed by atoms with E-state index in [4.69, 9.17) is 4.74 Å². The van der Waals surface area contributed by atoms with Crippen LogP contribution < -0.4 is 10.1 Å². The van der Waals surface area contributed by atoms with Gasteiger partial charge in [0.2, 0.25) is 0 Å². The molecule has 4 nitrogen and oxygen atoms in total. The largest absolute Gasteiger partial charge is 0.481 e. The molecule has 6 heteroatoms. The number of carbonyl (C=O) groups excluding carboxylic acids is 1. The summed E-state index contributed by atoms with van der Waals surface area (Å²) in [5.41, 5.74) is 0. The van der Waals surface area contributed by atoms with Crippen LogP contribution in [0.1, 0.15) is 19.3 Å². The Balaban J connectivity index is 1.33. The number of para-hydroxylation sites is 1. The molecule has 2 saturated heterocycles. The molecule has 132 valence electrons. The minimum absolute atomic E-state index is 0.121. The van der Waals surface area contributed by atoms with Crippen molar-refractivity contribution in [1.82, 2.24) is 10.2 Å². The number of piperidine rings is 1. The molecule has 0 unspecified atom stereocenters. The van der Waals surface area contributed by atoms with Gasteiger partial charge in [-0.15, -0.1) is 0 Å². The maximum absolute atomic E-state index is 13.4. The molecule has 2 fully saturated rings. The lowest BCUT2D eigenvalue weighted by Gasteiger charge is -2.35. The van der Waals surface area contributed by atoms with Crippen LogP contribution in [-0.4, -0.2) is 54.6 Å². The van der Waals surface area contributed by atoms with Crippen molar-refractivity contribution in [3.63, 3.8) is 0 Å².